The molecule has 0 aromatic heterocycles. The van der Waals surface area contributed by atoms with Crippen molar-refractivity contribution < 1.29 is 29.1 Å². The van der Waals surface area contributed by atoms with Crippen LogP contribution in [0.15, 0.2) is 30.3 Å². The standard InChI is InChI=1S/C25H33Cl2N5O6/c1-3-15-22(35)31-18(12-33)23(36)30-17(13-8-6-5-7-9-13)10-19(34)28-16(4-2)25(38)32-11-14(26)20(27)21(32)24(37)29-15/h5-9,14-18,20-21,33H,3-4,10-12H2,1-2H3,(H,28,34)(H,29,37)(H,30,36)(H,31,35)/t14-,15+,16-,17-,18-,20+,21-/m0/s1. The summed E-state index contributed by atoms with van der Waals surface area (Å²) in [6.45, 7) is 2.64. The fraction of sp³-hybridized carbons (Fsp3) is 0.560. The molecule has 13 heteroatoms. The largest absolute Gasteiger partial charge is 0.394 e. The van der Waals surface area contributed by atoms with Gasteiger partial charge in [-0.05, 0) is 18.4 Å². The van der Waals surface area contributed by atoms with Crippen molar-refractivity contribution in [2.24, 2.45) is 0 Å². The molecule has 5 amide bonds. The third-order valence-electron chi connectivity index (χ3n) is 6.71. The summed E-state index contributed by atoms with van der Waals surface area (Å²) >= 11 is 12.8. The second kappa shape index (κ2) is 13.3. The minimum atomic E-state index is -1.34. The smallest absolute Gasteiger partial charge is 0.245 e. The number of benzene rings is 1. The summed E-state index contributed by atoms with van der Waals surface area (Å²) in [5, 5.41) is 18.6. The molecule has 1 aromatic carbocycles. The number of hydrogen-bond acceptors (Lipinski definition) is 6. The van der Waals surface area contributed by atoms with E-state index in [-0.39, 0.29) is 25.8 Å². The van der Waals surface area contributed by atoms with Crippen LogP contribution in [0.2, 0.25) is 0 Å². The minimum absolute atomic E-state index is 0.0166. The molecule has 5 N–H and O–H groups in total. The Hall–Kier alpha value is -2.89. The van der Waals surface area contributed by atoms with Gasteiger partial charge in [-0.2, -0.15) is 0 Å². The molecule has 0 unspecified atom stereocenters. The number of aliphatic hydroxyl groups excluding tert-OH is 1. The molecule has 2 saturated heterocycles. The van der Waals surface area contributed by atoms with E-state index in [0.717, 1.165) is 0 Å². The highest BCUT2D eigenvalue weighted by molar-refractivity contribution is 6.32. The van der Waals surface area contributed by atoms with Gasteiger partial charge < -0.3 is 31.3 Å². The Labute approximate surface area is 231 Å². The normalized spacial score (nSPS) is 31.7. The lowest BCUT2D eigenvalue weighted by atomic mass is 10.0. The summed E-state index contributed by atoms with van der Waals surface area (Å²) in [5.74, 6) is -3.16. The van der Waals surface area contributed by atoms with Crippen LogP contribution in [0.3, 0.4) is 0 Å². The first-order valence-corrected chi connectivity index (χ1v) is 13.4. The molecular formula is C25H33Cl2N5O6. The van der Waals surface area contributed by atoms with E-state index in [1.807, 2.05) is 0 Å². The maximum atomic E-state index is 13.5. The van der Waals surface area contributed by atoms with Gasteiger partial charge >= 0.3 is 0 Å². The summed E-state index contributed by atoms with van der Waals surface area (Å²) in [6.07, 6.45) is 0.170. The second-order valence-electron chi connectivity index (χ2n) is 9.31. The van der Waals surface area contributed by atoms with E-state index < -0.39 is 77.1 Å². The average Bonchev–Trinajstić information content (AvgIpc) is 3.21. The zero-order valence-electron chi connectivity index (χ0n) is 21.2. The van der Waals surface area contributed by atoms with Gasteiger partial charge in [-0.15, -0.1) is 23.2 Å². The van der Waals surface area contributed by atoms with E-state index in [9.17, 15) is 29.1 Å². The summed E-state index contributed by atoms with van der Waals surface area (Å²) in [6, 6.07) is 3.36. The molecule has 0 aliphatic carbocycles. The molecule has 11 nitrogen and oxygen atoms in total. The molecule has 0 radical (unpaired) electrons. The Bertz CT molecular complexity index is 1040. The number of hydrogen-bond donors (Lipinski definition) is 5. The van der Waals surface area contributed by atoms with Crippen molar-refractivity contribution >= 4 is 52.7 Å². The molecule has 2 aliphatic rings. The summed E-state index contributed by atoms with van der Waals surface area (Å²) in [5.41, 5.74) is 0.618. The first-order chi connectivity index (χ1) is 18.1. The third-order valence-corrected chi connectivity index (χ3v) is 7.79. The van der Waals surface area contributed by atoms with E-state index in [0.29, 0.717) is 5.56 Å². The van der Waals surface area contributed by atoms with E-state index in [1.54, 1.807) is 44.2 Å². The van der Waals surface area contributed by atoms with Gasteiger partial charge in [-0.1, -0.05) is 44.2 Å². The molecule has 0 saturated carbocycles. The van der Waals surface area contributed by atoms with E-state index in [1.165, 1.54) is 4.90 Å². The van der Waals surface area contributed by atoms with Gasteiger partial charge in [0.15, 0.2) is 0 Å². The number of nitrogens with zero attached hydrogens (tertiary/aromatic N) is 1. The summed E-state index contributed by atoms with van der Waals surface area (Å²) in [4.78, 5) is 67.0. The average molecular weight is 570 g/mol. The quantitative estimate of drug-likeness (QED) is 0.320. The fourth-order valence-electron chi connectivity index (χ4n) is 4.55. The van der Waals surface area contributed by atoms with Gasteiger partial charge in [0.05, 0.1) is 29.8 Å². The van der Waals surface area contributed by atoms with Gasteiger partial charge in [-0.3, -0.25) is 24.0 Å². The van der Waals surface area contributed by atoms with Crippen molar-refractivity contribution in [2.75, 3.05) is 13.2 Å². The molecule has 208 valence electrons. The number of nitrogens with one attached hydrogen (secondary N) is 4. The Morgan fingerprint density at radius 2 is 1.45 bits per heavy atom. The number of alkyl halides is 2. The Morgan fingerprint density at radius 1 is 0.842 bits per heavy atom. The predicted octanol–water partition coefficient (Wildman–Crippen LogP) is -0.0601. The lowest BCUT2D eigenvalue weighted by Crippen LogP contribution is -2.60. The number of rotatable bonds is 4. The topological polar surface area (TPSA) is 157 Å². The minimum Gasteiger partial charge on any atom is -0.394 e. The zero-order chi connectivity index (χ0) is 28.0. The first kappa shape index (κ1) is 29.7. The van der Waals surface area contributed by atoms with E-state index in [4.69, 9.17) is 23.2 Å². The highest BCUT2D eigenvalue weighted by Gasteiger charge is 2.48. The molecule has 7 atom stereocenters. The Balaban J connectivity index is 2.00. The van der Waals surface area contributed by atoms with Gasteiger partial charge in [0, 0.05) is 6.54 Å². The van der Waals surface area contributed by atoms with Crippen LogP contribution in [-0.2, 0) is 24.0 Å². The van der Waals surface area contributed by atoms with Crippen LogP contribution >= 0.6 is 23.2 Å². The molecule has 2 heterocycles. The van der Waals surface area contributed by atoms with Crippen LogP contribution in [0, 0.1) is 0 Å². The summed E-state index contributed by atoms with van der Waals surface area (Å²) < 4.78 is 0. The SMILES string of the molecule is CC[C@@H]1NC(=O)C[C@@H](c2ccccc2)NC(=O)[C@H](CO)NC(=O)[C@@H](CC)NC(=O)[C@@H]2[C@H](Cl)[C@@H](Cl)CN2C1=O. The number of aliphatic hydroxyl groups is 1. The molecule has 0 spiro atoms. The van der Waals surface area contributed by atoms with Crippen molar-refractivity contribution in [3.05, 3.63) is 35.9 Å². The van der Waals surface area contributed by atoms with Gasteiger partial charge in [-0.25, -0.2) is 0 Å². The van der Waals surface area contributed by atoms with Crippen LogP contribution in [0.5, 0.6) is 0 Å². The van der Waals surface area contributed by atoms with Crippen molar-refractivity contribution in [3.63, 3.8) is 0 Å². The third kappa shape index (κ3) is 6.75. The molecule has 2 fully saturated rings. The van der Waals surface area contributed by atoms with Crippen LogP contribution in [-0.4, -0.2) is 87.6 Å². The van der Waals surface area contributed by atoms with Crippen LogP contribution < -0.4 is 21.3 Å². The van der Waals surface area contributed by atoms with Crippen molar-refractivity contribution in [3.8, 4) is 0 Å². The van der Waals surface area contributed by atoms with Gasteiger partial charge in [0.1, 0.15) is 24.2 Å². The Kier molecular flexibility index (Phi) is 10.3. The van der Waals surface area contributed by atoms with Crippen molar-refractivity contribution in [1.29, 1.82) is 0 Å². The van der Waals surface area contributed by atoms with E-state index in [2.05, 4.69) is 21.3 Å². The number of amides is 5. The lowest BCUT2D eigenvalue weighted by Gasteiger charge is -2.31. The van der Waals surface area contributed by atoms with Crippen LogP contribution in [0.4, 0.5) is 0 Å². The lowest BCUT2D eigenvalue weighted by molar-refractivity contribution is -0.142. The molecule has 1 aromatic rings. The monoisotopic (exact) mass is 569 g/mol. The van der Waals surface area contributed by atoms with Crippen molar-refractivity contribution in [1.82, 2.24) is 26.2 Å². The van der Waals surface area contributed by atoms with Crippen LogP contribution in [0.1, 0.15) is 44.7 Å². The molecule has 38 heavy (non-hydrogen) atoms. The zero-order valence-corrected chi connectivity index (χ0v) is 22.7. The molecular weight excluding hydrogens is 537 g/mol. The number of carbonyl (C=O) groups is 5. The number of fused-ring (bicyclic) bond motifs is 1. The second-order valence-corrected chi connectivity index (χ2v) is 10.4. The Morgan fingerprint density at radius 3 is 2.05 bits per heavy atom. The maximum absolute atomic E-state index is 13.5. The highest BCUT2D eigenvalue weighted by atomic mass is 35.5. The number of carbonyl (C=O) groups excluding carboxylic acids is 5. The maximum Gasteiger partial charge on any atom is 0.245 e. The molecule has 0 bridgehead atoms. The van der Waals surface area contributed by atoms with Crippen molar-refractivity contribution in [2.45, 2.75) is 74.1 Å². The van der Waals surface area contributed by atoms with Gasteiger partial charge in [0.25, 0.3) is 0 Å². The molecule has 3 rings (SSSR count). The predicted molar refractivity (Wildman–Crippen MR) is 140 cm³/mol. The van der Waals surface area contributed by atoms with Crippen LogP contribution in [0.25, 0.3) is 0 Å². The number of halogens is 2. The summed E-state index contributed by atoms with van der Waals surface area (Å²) in [7, 11) is 0. The highest BCUT2D eigenvalue weighted by Crippen LogP contribution is 2.29. The fourth-order valence-corrected chi connectivity index (χ4v) is 5.17. The first-order valence-electron chi connectivity index (χ1n) is 12.6. The van der Waals surface area contributed by atoms with E-state index >= 15 is 0 Å². The van der Waals surface area contributed by atoms with Gasteiger partial charge in [0.2, 0.25) is 29.5 Å². The molecule has 2 aliphatic heterocycles.